The van der Waals surface area contributed by atoms with Crippen LogP contribution in [0.25, 0.3) is 5.57 Å². The first kappa shape index (κ1) is 17.2. The maximum absolute atomic E-state index is 9.50. The molecule has 2 heteroatoms. The normalized spacial score (nSPS) is 19.3. The summed E-state index contributed by atoms with van der Waals surface area (Å²) in [6, 6.07) is 25.1. The molecule has 134 valence electrons. The second-order valence-electron chi connectivity index (χ2n) is 6.88. The molecule has 2 unspecified atom stereocenters. The Balaban J connectivity index is 0.000000218. The highest BCUT2D eigenvalue weighted by molar-refractivity contribution is 5.79. The van der Waals surface area contributed by atoms with E-state index < -0.39 is 0 Å². The molecule has 0 amide bonds. The highest BCUT2D eigenvalue weighted by Gasteiger charge is 2.36. The molecular formula is C25H22O2. The maximum atomic E-state index is 9.50. The maximum Gasteiger partial charge on any atom is 0.115 e. The highest BCUT2D eigenvalue weighted by Crippen LogP contribution is 2.51. The van der Waals surface area contributed by atoms with Gasteiger partial charge in [-0.2, -0.15) is 0 Å². The fourth-order valence-electron chi connectivity index (χ4n) is 4.02. The molecule has 2 N–H and O–H groups in total. The van der Waals surface area contributed by atoms with Crippen LogP contribution in [-0.4, -0.2) is 10.2 Å². The first-order valence-electron chi connectivity index (χ1n) is 9.23. The fraction of sp³-hybridized carbons (Fsp3) is 0.120. The Morgan fingerprint density at radius 1 is 0.704 bits per heavy atom. The van der Waals surface area contributed by atoms with Crippen molar-refractivity contribution in [3.8, 4) is 11.5 Å². The Kier molecular flexibility index (Phi) is 4.80. The van der Waals surface area contributed by atoms with Gasteiger partial charge in [-0.3, -0.25) is 0 Å². The quantitative estimate of drug-likeness (QED) is 0.572. The van der Waals surface area contributed by atoms with Gasteiger partial charge >= 0.3 is 0 Å². The van der Waals surface area contributed by atoms with Gasteiger partial charge in [-0.15, -0.1) is 0 Å². The van der Waals surface area contributed by atoms with Crippen LogP contribution in [-0.2, 0) is 0 Å². The summed E-state index contributed by atoms with van der Waals surface area (Å²) in [7, 11) is 0. The monoisotopic (exact) mass is 354 g/mol. The Bertz CT molecular complexity index is 969. The summed E-state index contributed by atoms with van der Waals surface area (Å²) in [5.41, 5.74) is 5.55. The first-order valence-corrected chi connectivity index (χ1v) is 9.23. The summed E-state index contributed by atoms with van der Waals surface area (Å²) in [4.78, 5) is 0. The molecule has 5 rings (SSSR count). The predicted octanol–water partition coefficient (Wildman–Crippen LogP) is 5.89. The molecule has 2 aliphatic carbocycles. The third-order valence-corrected chi connectivity index (χ3v) is 5.22. The number of hydrogen-bond donors (Lipinski definition) is 2. The van der Waals surface area contributed by atoms with Crippen LogP contribution in [0.2, 0.25) is 0 Å². The third kappa shape index (κ3) is 3.52. The lowest BCUT2D eigenvalue weighted by molar-refractivity contribution is 0.474. The molecule has 0 heterocycles. The Morgan fingerprint density at radius 2 is 1.37 bits per heavy atom. The number of allylic oxidation sites excluding steroid dienone is 4. The van der Waals surface area contributed by atoms with E-state index in [2.05, 4.69) is 54.6 Å². The van der Waals surface area contributed by atoms with Crippen molar-refractivity contribution in [3.05, 3.63) is 114 Å². The number of phenolic OH excluding ortho intramolecular Hbond substituents is 2. The smallest absolute Gasteiger partial charge is 0.115 e. The van der Waals surface area contributed by atoms with Crippen LogP contribution in [0.1, 0.15) is 29.0 Å². The Hall–Kier alpha value is -3.26. The molecule has 0 radical (unpaired) electrons. The molecule has 2 aliphatic rings. The molecule has 3 aromatic carbocycles. The molecule has 2 nitrogen and oxygen atoms in total. The topological polar surface area (TPSA) is 40.5 Å². The van der Waals surface area contributed by atoms with Crippen LogP contribution in [0.15, 0.2) is 97.1 Å². The minimum absolute atomic E-state index is 0.322. The van der Waals surface area contributed by atoms with Crippen LogP contribution < -0.4 is 0 Å². The minimum Gasteiger partial charge on any atom is -0.508 e. The van der Waals surface area contributed by atoms with Gasteiger partial charge in [0.1, 0.15) is 11.5 Å². The molecule has 2 atom stereocenters. The zero-order valence-electron chi connectivity index (χ0n) is 15.0. The number of hydrogen-bond acceptors (Lipinski definition) is 2. The van der Waals surface area contributed by atoms with Gasteiger partial charge in [0.25, 0.3) is 0 Å². The first-order chi connectivity index (χ1) is 13.2. The lowest BCUT2D eigenvalue weighted by atomic mass is 9.81. The molecule has 3 aromatic rings. The lowest BCUT2D eigenvalue weighted by Gasteiger charge is -2.22. The molecule has 0 saturated heterocycles. The largest absolute Gasteiger partial charge is 0.508 e. The number of phenols is 2. The van der Waals surface area contributed by atoms with Crippen molar-refractivity contribution in [2.24, 2.45) is 5.92 Å². The summed E-state index contributed by atoms with van der Waals surface area (Å²) >= 11 is 0. The molecule has 0 fully saturated rings. The zero-order valence-corrected chi connectivity index (χ0v) is 15.0. The van der Waals surface area contributed by atoms with E-state index in [1.807, 2.05) is 6.07 Å². The van der Waals surface area contributed by atoms with Crippen molar-refractivity contribution in [2.75, 3.05) is 0 Å². The lowest BCUT2D eigenvalue weighted by Crippen LogP contribution is -2.09. The second kappa shape index (κ2) is 7.55. The molecular weight excluding hydrogens is 332 g/mol. The van der Waals surface area contributed by atoms with Crippen molar-refractivity contribution in [2.45, 2.75) is 12.3 Å². The van der Waals surface area contributed by atoms with Crippen molar-refractivity contribution in [3.63, 3.8) is 0 Å². The van der Waals surface area contributed by atoms with Crippen LogP contribution in [0.5, 0.6) is 11.5 Å². The summed E-state index contributed by atoms with van der Waals surface area (Å²) in [5, 5.41) is 18.1. The van der Waals surface area contributed by atoms with E-state index in [1.165, 1.54) is 22.3 Å². The molecule has 0 spiro atoms. The van der Waals surface area contributed by atoms with E-state index in [-0.39, 0.29) is 0 Å². The average molecular weight is 354 g/mol. The van der Waals surface area contributed by atoms with E-state index >= 15 is 0 Å². The number of aromatic hydroxyl groups is 2. The minimum atomic E-state index is 0.322. The van der Waals surface area contributed by atoms with Crippen LogP contribution in [0.3, 0.4) is 0 Å². The molecule has 0 aliphatic heterocycles. The van der Waals surface area contributed by atoms with Crippen LogP contribution >= 0.6 is 0 Å². The summed E-state index contributed by atoms with van der Waals surface area (Å²) in [6.45, 7) is 0. The van der Waals surface area contributed by atoms with Gasteiger partial charge in [0.05, 0.1) is 0 Å². The van der Waals surface area contributed by atoms with E-state index in [9.17, 15) is 5.11 Å². The summed E-state index contributed by atoms with van der Waals surface area (Å²) < 4.78 is 0. The Labute approximate surface area is 159 Å². The van der Waals surface area contributed by atoms with Gasteiger partial charge < -0.3 is 10.2 Å². The van der Waals surface area contributed by atoms with Crippen molar-refractivity contribution in [1.29, 1.82) is 0 Å². The van der Waals surface area contributed by atoms with E-state index in [1.54, 1.807) is 36.4 Å². The van der Waals surface area contributed by atoms with Crippen LogP contribution in [0.4, 0.5) is 0 Å². The molecule has 0 bridgehead atoms. The standard InChI is InChI=1S/C19H16O.C6H6O/c20-14-11-9-13(10-12-14)19-17-7-3-1-5-15(17)16-6-2-4-8-18(16)19;7-6-4-2-1-3-5-6/h1-7,9-12,18-20H,8H2;1-5,7H. The van der Waals surface area contributed by atoms with Gasteiger partial charge in [0.2, 0.25) is 0 Å². The average Bonchev–Trinajstić information content (AvgIpc) is 3.04. The molecule has 0 saturated carbocycles. The van der Waals surface area contributed by atoms with Gasteiger partial charge in [0, 0.05) is 5.92 Å². The predicted molar refractivity (Wildman–Crippen MR) is 110 cm³/mol. The van der Waals surface area contributed by atoms with Crippen molar-refractivity contribution >= 4 is 5.57 Å². The molecule has 0 aromatic heterocycles. The fourth-order valence-corrected chi connectivity index (χ4v) is 4.02. The van der Waals surface area contributed by atoms with Gasteiger partial charge in [-0.25, -0.2) is 0 Å². The van der Waals surface area contributed by atoms with Crippen molar-refractivity contribution < 1.29 is 10.2 Å². The summed E-state index contributed by atoms with van der Waals surface area (Å²) in [5.74, 6) is 1.59. The number of para-hydroxylation sites is 1. The van der Waals surface area contributed by atoms with E-state index in [4.69, 9.17) is 5.11 Å². The van der Waals surface area contributed by atoms with Gasteiger partial charge in [0.15, 0.2) is 0 Å². The van der Waals surface area contributed by atoms with Gasteiger partial charge in [-0.1, -0.05) is 72.8 Å². The summed E-state index contributed by atoms with van der Waals surface area (Å²) in [6.07, 6.45) is 7.77. The van der Waals surface area contributed by atoms with E-state index in [0.717, 1.165) is 6.42 Å². The van der Waals surface area contributed by atoms with Gasteiger partial charge in [-0.05, 0) is 58.9 Å². The number of benzene rings is 3. The highest BCUT2D eigenvalue weighted by atomic mass is 16.3. The number of fused-ring (bicyclic) bond motifs is 3. The van der Waals surface area contributed by atoms with E-state index in [0.29, 0.717) is 23.3 Å². The number of rotatable bonds is 1. The zero-order chi connectivity index (χ0) is 18.6. The Morgan fingerprint density at radius 3 is 2.07 bits per heavy atom. The van der Waals surface area contributed by atoms with Crippen molar-refractivity contribution in [1.82, 2.24) is 0 Å². The third-order valence-electron chi connectivity index (χ3n) is 5.22. The SMILES string of the molecule is Oc1ccc(C2c3ccccc3C3=CC=CCC32)cc1.Oc1ccccc1. The van der Waals surface area contributed by atoms with Crippen LogP contribution in [0, 0.1) is 5.92 Å². The second-order valence-corrected chi connectivity index (χ2v) is 6.88. The molecule has 27 heavy (non-hydrogen) atoms.